The first kappa shape index (κ1) is 25.0. The minimum absolute atomic E-state index is 0.175. The van der Waals surface area contributed by atoms with Crippen LogP contribution in [0.5, 0.6) is 5.75 Å². The normalized spacial score (nSPS) is 12.2. The lowest BCUT2D eigenvalue weighted by atomic mass is 10.1. The number of para-hydroxylation sites is 1. The number of halogens is 2. The fourth-order valence-electron chi connectivity index (χ4n) is 3.15. The molecule has 0 aliphatic carbocycles. The second kappa shape index (κ2) is 10.9. The van der Waals surface area contributed by atoms with Gasteiger partial charge in [-0.05, 0) is 63.4 Å². The van der Waals surface area contributed by atoms with Crippen LogP contribution in [0, 0.1) is 6.92 Å². The number of aryl methyl sites for hydroxylation is 1. The highest BCUT2D eigenvalue weighted by atomic mass is 35.5. The second-order valence-corrected chi connectivity index (χ2v) is 9.30. The van der Waals surface area contributed by atoms with E-state index >= 15 is 0 Å². The number of nitrogens with one attached hydrogen (secondary N) is 1. The number of ether oxygens (including phenoxy) is 1. The van der Waals surface area contributed by atoms with Crippen molar-refractivity contribution in [2.45, 2.75) is 59.2 Å². The van der Waals surface area contributed by atoms with Crippen LogP contribution in [0.25, 0.3) is 0 Å². The van der Waals surface area contributed by atoms with Crippen LogP contribution in [-0.2, 0) is 16.1 Å². The van der Waals surface area contributed by atoms with Crippen LogP contribution < -0.4 is 10.1 Å². The molecular weight excluding hydrogens is 435 g/mol. The van der Waals surface area contributed by atoms with E-state index in [0.29, 0.717) is 22.2 Å². The van der Waals surface area contributed by atoms with Crippen molar-refractivity contribution in [1.82, 2.24) is 10.2 Å². The molecule has 2 amide bonds. The molecule has 5 nitrogen and oxygen atoms in total. The van der Waals surface area contributed by atoms with Gasteiger partial charge in [0, 0.05) is 12.1 Å². The van der Waals surface area contributed by atoms with Gasteiger partial charge in [0.25, 0.3) is 5.91 Å². The summed E-state index contributed by atoms with van der Waals surface area (Å²) in [6, 6.07) is 12.0. The maximum absolute atomic E-state index is 13.2. The summed E-state index contributed by atoms with van der Waals surface area (Å²) in [5.74, 6) is 0.141. The summed E-state index contributed by atoms with van der Waals surface area (Å²) in [7, 11) is 0. The van der Waals surface area contributed by atoms with E-state index in [9.17, 15) is 9.59 Å². The molecule has 2 aromatic rings. The Morgan fingerprint density at radius 1 is 1.10 bits per heavy atom. The van der Waals surface area contributed by atoms with Gasteiger partial charge in [0.2, 0.25) is 5.91 Å². The number of carbonyl (C=O) groups is 2. The van der Waals surface area contributed by atoms with Crippen LogP contribution in [0.3, 0.4) is 0 Å². The number of amides is 2. The van der Waals surface area contributed by atoms with Crippen LogP contribution >= 0.6 is 23.2 Å². The maximum Gasteiger partial charge on any atom is 0.261 e. The third-order valence-electron chi connectivity index (χ3n) is 4.67. The van der Waals surface area contributed by atoms with Gasteiger partial charge in [0.05, 0.1) is 10.0 Å². The lowest BCUT2D eigenvalue weighted by Gasteiger charge is -2.33. The van der Waals surface area contributed by atoms with Crippen molar-refractivity contribution >= 4 is 35.0 Å². The largest absolute Gasteiger partial charge is 0.484 e. The Morgan fingerprint density at radius 3 is 2.35 bits per heavy atom. The number of rotatable bonds is 8. The van der Waals surface area contributed by atoms with Crippen LogP contribution in [0.4, 0.5) is 0 Å². The number of hydrogen-bond acceptors (Lipinski definition) is 3. The molecule has 2 aromatic carbocycles. The summed E-state index contributed by atoms with van der Waals surface area (Å²) in [6.45, 7) is 9.55. The molecule has 1 unspecified atom stereocenters. The molecule has 1 atom stereocenters. The summed E-state index contributed by atoms with van der Waals surface area (Å²) in [4.78, 5) is 27.7. The highest BCUT2D eigenvalue weighted by molar-refractivity contribution is 6.42. The van der Waals surface area contributed by atoms with Gasteiger partial charge in [-0.2, -0.15) is 0 Å². The highest BCUT2D eigenvalue weighted by Crippen LogP contribution is 2.24. The molecule has 1 N–H and O–H groups in total. The van der Waals surface area contributed by atoms with E-state index in [0.717, 1.165) is 11.1 Å². The molecule has 0 radical (unpaired) electrons. The van der Waals surface area contributed by atoms with E-state index in [1.165, 1.54) is 0 Å². The van der Waals surface area contributed by atoms with Gasteiger partial charge >= 0.3 is 0 Å². The van der Waals surface area contributed by atoms with Crippen LogP contribution in [0.1, 0.15) is 45.2 Å². The first-order valence-corrected chi connectivity index (χ1v) is 11.0. The van der Waals surface area contributed by atoms with Crippen LogP contribution in [-0.4, -0.2) is 34.9 Å². The van der Waals surface area contributed by atoms with Gasteiger partial charge in [0.15, 0.2) is 6.61 Å². The molecule has 0 aromatic heterocycles. The zero-order valence-corrected chi connectivity index (χ0v) is 20.2. The maximum atomic E-state index is 13.2. The summed E-state index contributed by atoms with van der Waals surface area (Å²) >= 11 is 12.2. The van der Waals surface area contributed by atoms with E-state index in [2.05, 4.69) is 5.32 Å². The fourth-order valence-corrected chi connectivity index (χ4v) is 3.47. The lowest BCUT2D eigenvalue weighted by molar-refractivity contribution is -0.143. The molecule has 0 saturated heterocycles. The number of hydrogen-bond donors (Lipinski definition) is 1. The van der Waals surface area contributed by atoms with Crippen molar-refractivity contribution in [3.8, 4) is 5.75 Å². The summed E-state index contributed by atoms with van der Waals surface area (Å²) in [5, 5.41) is 3.81. The van der Waals surface area contributed by atoms with Gasteiger partial charge in [-0.1, -0.05) is 54.4 Å². The minimum Gasteiger partial charge on any atom is -0.484 e. The van der Waals surface area contributed by atoms with Crippen molar-refractivity contribution in [2.24, 2.45) is 0 Å². The Morgan fingerprint density at radius 2 is 1.77 bits per heavy atom. The van der Waals surface area contributed by atoms with Gasteiger partial charge in [0.1, 0.15) is 11.8 Å². The average Bonchev–Trinajstić information content (AvgIpc) is 2.68. The summed E-state index contributed by atoms with van der Waals surface area (Å²) in [6.07, 6.45) is 0.458. The van der Waals surface area contributed by atoms with Crippen LogP contribution in [0.15, 0.2) is 42.5 Å². The Kier molecular flexibility index (Phi) is 8.78. The van der Waals surface area contributed by atoms with Crippen molar-refractivity contribution in [3.05, 3.63) is 63.6 Å². The van der Waals surface area contributed by atoms with Gasteiger partial charge in [-0.25, -0.2) is 0 Å². The molecular formula is C24H30Cl2N2O3. The zero-order chi connectivity index (χ0) is 23.2. The first-order chi connectivity index (χ1) is 14.5. The van der Waals surface area contributed by atoms with E-state index in [-0.39, 0.29) is 25.0 Å². The molecule has 2 rings (SSSR count). The Labute approximate surface area is 194 Å². The minimum atomic E-state index is -0.651. The first-order valence-electron chi connectivity index (χ1n) is 10.3. The van der Waals surface area contributed by atoms with E-state index < -0.39 is 11.6 Å². The van der Waals surface area contributed by atoms with Crippen molar-refractivity contribution in [1.29, 1.82) is 0 Å². The van der Waals surface area contributed by atoms with Crippen molar-refractivity contribution < 1.29 is 14.3 Å². The van der Waals surface area contributed by atoms with Crippen LogP contribution in [0.2, 0.25) is 10.0 Å². The van der Waals surface area contributed by atoms with E-state index in [1.54, 1.807) is 23.1 Å². The third kappa shape index (κ3) is 7.44. The highest BCUT2D eigenvalue weighted by Gasteiger charge is 2.31. The second-order valence-electron chi connectivity index (χ2n) is 8.49. The van der Waals surface area contributed by atoms with E-state index in [1.807, 2.05) is 58.9 Å². The number of carbonyl (C=O) groups excluding carboxylic acids is 2. The summed E-state index contributed by atoms with van der Waals surface area (Å²) in [5.41, 5.74) is 1.30. The topological polar surface area (TPSA) is 58.6 Å². The van der Waals surface area contributed by atoms with Crippen molar-refractivity contribution in [2.75, 3.05) is 6.61 Å². The van der Waals surface area contributed by atoms with Crippen molar-refractivity contribution in [3.63, 3.8) is 0 Å². The molecule has 0 saturated carbocycles. The molecule has 0 fully saturated rings. The molecule has 0 bridgehead atoms. The Balaban J connectivity index is 2.28. The monoisotopic (exact) mass is 464 g/mol. The molecule has 0 spiro atoms. The standard InChI is InChI=1S/C24H30Cl2N2O3/c1-6-20(23(30)27-24(3,4)5)28(14-17-11-12-18(25)19(26)13-17)22(29)15-31-21-10-8-7-9-16(21)2/h7-13,20H,6,14-15H2,1-5H3,(H,27,30). The quantitative estimate of drug-likeness (QED) is 0.568. The molecule has 168 valence electrons. The average molecular weight is 465 g/mol. The molecule has 7 heteroatoms. The van der Waals surface area contributed by atoms with Gasteiger partial charge < -0.3 is 15.0 Å². The fraction of sp³-hybridized carbons (Fsp3) is 0.417. The SMILES string of the molecule is CCC(C(=O)NC(C)(C)C)N(Cc1ccc(Cl)c(Cl)c1)C(=O)COc1ccccc1C. The number of nitrogens with zero attached hydrogens (tertiary/aromatic N) is 1. The third-order valence-corrected chi connectivity index (χ3v) is 5.40. The molecule has 31 heavy (non-hydrogen) atoms. The zero-order valence-electron chi connectivity index (χ0n) is 18.7. The molecule has 0 aliphatic heterocycles. The summed E-state index contributed by atoms with van der Waals surface area (Å²) < 4.78 is 5.77. The smallest absolute Gasteiger partial charge is 0.261 e. The van der Waals surface area contributed by atoms with Gasteiger partial charge in [-0.15, -0.1) is 0 Å². The van der Waals surface area contributed by atoms with E-state index in [4.69, 9.17) is 27.9 Å². The predicted octanol–water partition coefficient (Wildman–Crippen LogP) is 5.40. The molecule has 0 heterocycles. The lowest BCUT2D eigenvalue weighted by Crippen LogP contribution is -2.54. The van der Waals surface area contributed by atoms with Gasteiger partial charge in [-0.3, -0.25) is 9.59 Å². The Hall–Kier alpha value is -2.24. The predicted molar refractivity (Wildman–Crippen MR) is 126 cm³/mol. The molecule has 0 aliphatic rings. The Bertz CT molecular complexity index is 925. The number of benzene rings is 2.